The van der Waals surface area contributed by atoms with Gasteiger partial charge in [0.15, 0.2) is 0 Å². The van der Waals surface area contributed by atoms with E-state index in [1.54, 1.807) is 0 Å². The van der Waals surface area contributed by atoms with Gasteiger partial charge in [-0.3, -0.25) is 0 Å². The lowest BCUT2D eigenvalue weighted by Crippen LogP contribution is -2.11. The Bertz CT molecular complexity index is 3080. The van der Waals surface area contributed by atoms with Crippen LogP contribution in [0.1, 0.15) is 0 Å². The summed E-state index contributed by atoms with van der Waals surface area (Å²) in [6.45, 7) is 0. The molecule has 0 saturated heterocycles. The molecule has 0 fully saturated rings. The maximum absolute atomic E-state index is 6.32. The van der Waals surface area contributed by atoms with E-state index >= 15 is 0 Å². The van der Waals surface area contributed by atoms with Gasteiger partial charge >= 0.3 is 0 Å². The summed E-state index contributed by atoms with van der Waals surface area (Å²) in [5, 5.41) is 7.35. The van der Waals surface area contributed by atoms with Crippen molar-refractivity contribution in [3.05, 3.63) is 200 Å². The fraction of sp³-hybridized carbons (Fsp3) is 0. The summed E-state index contributed by atoms with van der Waals surface area (Å²) in [5.41, 5.74) is 12.1. The smallest absolute Gasteiger partial charge is 0.136 e. The average Bonchev–Trinajstić information content (AvgIpc) is 3.82. The zero-order valence-corrected chi connectivity index (χ0v) is 30.6. The van der Waals surface area contributed by atoms with Crippen LogP contribution in [0.2, 0.25) is 0 Å². The summed E-state index contributed by atoms with van der Waals surface area (Å²) in [6, 6.07) is 72.4. The molecule has 0 unspecified atom stereocenters. The van der Waals surface area contributed by atoms with Gasteiger partial charge in [-0.2, -0.15) is 0 Å². The number of benzene rings is 9. The van der Waals surface area contributed by atoms with Gasteiger partial charge < -0.3 is 9.32 Å². The standard InChI is InChI=1S/C52H33NOS/c1-2-18-41-34(12-1)13-11-22-42(41)43-19-3-6-23-48(43)53(39-16-9-14-35(30-39)37-26-28-45-44-20-4-7-24-49(44)54-50(45)32-37)40-17-10-15-36(31-40)38-27-29-47-46-21-5-8-25-51(46)55-52(47)33-38/h1-33H. The molecule has 2 aromatic heterocycles. The van der Waals surface area contributed by atoms with Crippen molar-refractivity contribution >= 4 is 81.3 Å². The summed E-state index contributed by atoms with van der Waals surface area (Å²) < 4.78 is 8.94. The van der Waals surface area contributed by atoms with E-state index < -0.39 is 0 Å². The van der Waals surface area contributed by atoms with E-state index in [1.807, 2.05) is 23.5 Å². The van der Waals surface area contributed by atoms with Crippen molar-refractivity contribution in [2.24, 2.45) is 0 Å². The van der Waals surface area contributed by atoms with Gasteiger partial charge in [0.25, 0.3) is 0 Å². The molecule has 11 rings (SSSR count). The summed E-state index contributed by atoms with van der Waals surface area (Å²) in [4.78, 5) is 2.42. The van der Waals surface area contributed by atoms with Crippen LogP contribution in [0.4, 0.5) is 17.1 Å². The van der Waals surface area contributed by atoms with Crippen molar-refractivity contribution in [3.63, 3.8) is 0 Å². The molecule has 0 radical (unpaired) electrons. The van der Waals surface area contributed by atoms with Crippen molar-refractivity contribution in [1.82, 2.24) is 0 Å². The molecule has 3 heteroatoms. The van der Waals surface area contributed by atoms with Crippen LogP contribution in [0.25, 0.3) is 86.3 Å². The SMILES string of the molecule is c1cc(-c2ccc3c(c2)oc2ccccc23)cc(N(c2cccc(-c3ccc4c(c3)sc3ccccc34)c2)c2ccccc2-c2cccc3ccccc23)c1. The first kappa shape index (κ1) is 31.6. The minimum absolute atomic E-state index is 0.894. The molecule has 0 N–H and O–H groups in total. The minimum Gasteiger partial charge on any atom is -0.456 e. The molecule has 55 heavy (non-hydrogen) atoms. The highest BCUT2D eigenvalue weighted by Gasteiger charge is 2.20. The van der Waals surface area contributed by atoms with E-state index in [1.165, 1.54) is 53.2 Å². The first-order valence-corrected chi connectivity index (χ1v) is 19.5. The van der Waals surface area contributed by atoms with Crippen LogP contribution in [-0.4, -0.2) is 0 Å². The number of nitrogens with zero attached hydrogens (tertiary/aromatic N) is 1. The third kappa shape index (κ3) is 5.40. The largest absolute Gasteiger partial charge is 0.456 e. The summed E-state index contributed by atoms with van der Waals surface area (Å²) in [6.07, 6.45) is 0. The van der Waals surface area contributed by atoms with Crippen LogP contribution in [0.15, 0.2) is 205 Å². The van der Waals surface area contributed by atoms with E-state index in [4.69, 9.17) is 4.42 Å². The Balaban J connectivity index is 1.09. The lowest BCUT2D eigenvalue weighted by molar-refractivity contribution is 0.669. The van der Waals surface area contributed by atoms with Crippen LogP contribution < -0.4 is 4.90 Å². The second-order valence-corrected chi connectivity index (χ2v) is 15.2. The van der Waals surface area contributed by atoms with Gasteiger partial charge in [0.05, 0.1) is 5.69 Å². The van der Waals surface area contributed by atoms with Gasteiger partial charge in [-0.1, -0.05) is 140 Å². The van der Waals surface area contributed by atoms with Gasteiger partial charge in [0.1, 0.15) is 11.2 Å². The van der Waals surface area contributed by atoms with Gasteiger partial charge in [-0.15, -0.1) is 11.3 Å². The molecule has 0 amide bonds. The number of fused-ring (bicyclic) bond motifs is 7. The Hall–Kier alpha value is -6.94. The van der Waals surface area contributed by atoms with Crippen LogP contribution >= 0.6 is 11.3 Å². The molecule has 11 aromatic rings. The van der Waals surface area contributed by atoms with E-state index in [9.17, 15) is 0 Å². The molecular weight excluding hydrogens is 687 g/mol. The van der Waals surface area contributed by atoms with E-state index in [0.717, 1.165) is 50.1 Å². The van der Waals surface area contributed by atoms with E-state index in [-0.39, 0.29) is 0 Å². The quantitative estimate of drug-likeness (QED) is 0.170. The Morgan fingerprint density at radius 1 is 0.345 bits per heavy atom. The maximum atomic E-state index is 6.32. The number of rotatable bonds is 6. The molecule has 0 aliphatic carbocycles. The third-order valence-electron chi connectivity index (χ3n) is 10.9. The number of anilines is 3. The zero-order valence-electron chi connectivity index (χ0n) is 29.8. The van der Waals surface area contributed by atoms with Crippen molar-refractivity contribution in [2.45, 2.75) is 0 Å². The Morgan fingerprint density at radius 3 is 1.75 bits per heavy atom. The monoisotopic (exact) mass is 719 g/mol. The van der Waals surface area contributed by atoms with Crippen molar-refractivity contribution < 1.29 is 4.42 Å². The molecule has 0 aliphatic rings. The summed E-state index contributed by atoms with van der Waals surface area (Å²) in [7, 11) is 0. The summed E-state index contributed by atoms with van der Waals surface area (Å²) in [5.74, 6) is 0. The highest BCUT2D eigenvalue weighted by Crippen LogP contribution is 2.45. The predicted octanol–water partition coefficient (Wildman–Crippen LogP) is 15.6. The highest BCUT2D eigenvalue weighted by atomic mass is 32.1. The first-order valence-electron chi connectivity index (χ1n) is 18.7. The predicted molar refractivity (Wildman–Crippen MR) is 235 cm³/mol. The number of furan rings is 1. The molecule has 0 spiro atoms. The Morgan fingerprint density at radius 2 is 0.909 bits per heavy atom. The number of para-hydroxylation sites is 2. The second-order valence-electron chi connectivity index (χ2n) is 14.1. The van der Waals surface area contributed by atoms with Crippen molar-refractivity contribution in [3.8, 4) is 33.4 Å². The van der Waals surface area contributed by atoms with E-state index in [0.29, 0.717) is 0 Å². The third-order valence-corrected chi connectivity index (χ3v) is 12.0. The number of hydrogen-bond donors (Lipinski definition) is 0. The number of thiophene rings is 1. The fourth-order valence-corrected chi connectivity index (χ4v) is 9.39. The molecule has 0 atom stereocenters. The molecule has 2 nitrogen and oxygen atoms in total. The minimum atomic E-state index is 0.894. The zero-order chi connectivity index (χ0) is 36.3. The lowest BCUT2D eigenvalue weighted by atomic mass is 9.95. The lowest BCUT2D eigenvalue weighted by Gasteiger charge is -2.29. The highest BCUT2D eigenvalue weighted by molar-refractivity contribution is 7.25. The molecular formula is C52H33NOS. The van der Waals surface area contributed by atoms with Crippen molar-refractivity contribution in [2.75, 3.05) is 4.90 Å². The van der Waals surface area contributed by atoms with Gasteiger partial charge in [0, 0.05) is 47.9 Å². The molecule has 258 valence electrons. The molecule has 0 saturated carbocycles. The normalized spacial score (nSPS) is 11.6. The van der Waals surface area contributed by atoms with Crippen LogP contribution in [0.3, 0.4) is 0 Å². The van der Waals surface area contributed by atoms with Crippen LogP contribution in [0, 0.1) is 0 Å². The topological polar surface area (TPSA) is 16.4 Å². The van der Waals surface area contributed by atoms with Crippen LogP contribution in [0.5, 0.6) is 0 Å². The average molecular weight is 720 g/mol. The molecule has 9 aromatic carbocycles. The second kappa shape index (κ2) is 12.9. The van der Waals surface area contributed by atoms with Crippen LogP contribution in [-0.2, 0) is 0 Å². The molecule has 0 bridgehead atoms. The van der Waals surface area contributed by atoms with Gasteiger partial charge in [-0.25, -0.2) is 0 Å². The van der Waals surface area contributed by atoms with Gasteiger partial charge in [-0.05, 0) is 99.3 Å². The van der Waals surface area contributed by atoms with Crippen molar-refractivity contribution in [1.29, 1.82) is 0 Å². The fourth-order valence-electron chi connectivity index (χ4n) is 8.24. The molecule has 0 aliphatic heterocycles. The van der Waals surface area contributed by atoms with E-state index in [2.05, 4.69) is 193 Å². The first-order chi connectivity index (χ1) is 27.2. The maximum Gasteiger partial charge on any atom is 0.136 e. The molecule has 2 heterocycles. The Kier molecular flexibility index (Phi) is 7.39. The number of hydrogen-bond acceptors (Lipinski definition) is 3. The Labute approximate surface area is 322 Å². The summed E-state index contributed by atoms with van der Waals surface area (Å²) >= 11 is 1.86. The van der Waals surface area contributed by atoms with Gasteiger partial charge in [0.2, 0.25) is 0 Å².